The molecule has 0 bridgehead atoms. The number of rotatable bonds is 5. The predicted molar refractivity (Wildman–Crippen MR) is 64.8 cm³/mol. The molecule has 1 aromatic rings. The molecule has 94 valence electrons. The maximum atomic E-state index is 12.0. The second-order valence-electron chi connectivity index (χ2n) is 3.84. The third-order valence-electron chi connectivity index (χ3n) is 2.23. The molecule has 0 aliphatic rings. The maximum absolute atomic E-state index is 12.0. The van der Waals surface area contributed by atoms with Gasteiger partial charge in [-0.05, 0) is 41.9 Å². The number of halogens is 1. The highest BCUT2D eigenvalue weighted by molar-refractivity contribution is 9.10. The highest BCUT2D eigenvalue weighted by Gasteiger charge is 2.22. The van der Waals surface area contributed by atoms with Crippen molar-refractivity contribution < 1.29 is 19.1 Å². The zero-order chi connectivity index (χ0) is 13.0. The molecule has 1 rings (SSSR count). The molecule has 5 nitrogen and oxygen atoms in total. The standard InChI is InChI=1S/C11H14BrNO4/c1-7(2)13(6-5-10(14)15)11(16)8-3-4-9(12)17-8/h3-4,7H,5-6H2,1-2H3,(H,14,15). The van der Waals surface area contributed by atoms with Crippen LogP contribution < -0.4 is 0 Å². The lowest BCUT2D eigenvalue weighted by Crippen LogP contribution is -2.38. The summed E-state index contributed by atoms with van der Waals surface area (Å²) in [5.41, 5.74) is 0. The van der Waals surface area contributed by atoms with Gasteiger partial charge >= 0.3 is 5.97 Å². The zero-order valence-electron chi connectivity index (χ0n) is 9.64. The highest BCUT2D eigenvalue weighted by atomic mass is 79.9. The molecule has 1 heterocycles. The van der Waals surface area contributed by atoms with Gasteiger partial charge < -0.3 is 14.4 Å². The average Bonchev–Trinajstić information content (AvgIpc) is 2.63. The van der Waals surface area contributed by atoms with Crippen LogP contribution in [0.2, 0.25) is 0 Å². The van der Waals surface area contributed by atoms with E-state index in [-0.39, 0.29) is 30.7 Å². The Morgan fingerprint density at radius 3 is 2.53 bits per heavy atom. The second-order valence-corrected chi connectivity index (χ2v) is 4.62. The number of aliphatic carboxylic acids is 1. The summed E-state index contributed by atoms with van der Waals surface area (Å²) in [5, 5.41) is 8.63. The van der Waals surface area contributed by atoms with Crippen molar-refractivity contribution in [2.45, 2.75) is 26.3 Å². The number of amides is 1. The molecule has 0 fully saturated rings. The number of carbonyl (C=O) groups is 2. The summed E-state index contributed by atoms with van der Waals surface area (Å²) in [6.07, 6.45) is -0.0776. The van der Waals surface area contributed by atoms with Gasteiger partial charge in [-0.25, -0.2) is 0 Å². The van der Waals surface area contributed by atoms with Crippen LogP contribution in [0.3, 0.4) is 0 Å². The molecule has 0 saturated carbocycles. The van der Waals surface area contributed by atoms with Gasteiger partial charge in [-0.1, -0.05) is 0 Å². The Morgan fingerprint density at radius 2 is 2.12 bits per heavy atom. The molecular weight excluding hydrogens is 290 g/mol. The lowest BCUT2D eigenvalue weighted by Gasteiger charge is -2.25. The minimum Gasteiger partial charge on any atom is -0.481 e. The van der Waals surface area contributed by atoms with Gasteiger partial charge in [0.2, 0.25) is 0 Å². The molecule has 1 amide bonds. The Balaban J connectivity index is 2.77. The molecule has 6 heteroatoms. The van der Waals surface area contributed by atoms with Crippen LogP contribution in [0.5, 0.6) is 0 Å². The van der Waals surface area contributed by atoms with Crippen molar-refractivity contribution in [1.29, 1.82) is 0 Å². The number of nitrogens with zero attached hydrogens (tertiary/aromatic N) is 1. The van der Waals surface area contributed by atoms with E-state index in [0.717, 1.165) is 0 Å². The van der Waals surface area contributed by atoms with Crippen LogP contribution in [0.25, 0.3) is 0 Å². The van der Waals surface area contributed by atoms with Crippen LogP contribution in [-0.4, -0.2) is 34.5 Å². The Morgan fingerprint density at radius 1 is 1.47 bits per heavy atom. The number of hydrogen-bond donors (Lipinski definition) is 1. The van der Waals surface area contributed by atoms with Crippen LogP contribution in [0.15, 0.2) is 21.2 Å². The van der Waals surface area contributed by atoms with E-state index in [1.807, 2.05) is 13.8 Å². The van der Waals surface area contributed by atoms with Crippen molar-refractivity contribution in [3.63, 3.8) is 0 Å². The lowest BCUT2D eigenvalue weighted by atomic mass is 10.2. The van der Waals surface area contributed by atoms with Gasteiger partial charge in [0.25, 0.3) is 5.91 Å². The Hall–Kier alpha value is -1.30. The van der Waals surface area contributed by atoms with Gasteiger partial charge in [0.15, 0.2) is 10.4 Å². The molecule has 0 saturated heterocycles. The number of furan rings is 1. The van der Waals surface area contributed by atoms with E-state index in [9.17, 15) is 9.59 Å². The van der Waals surface area contributed by atoms with Gasteiger partial charge in [0.05, 0.1) is 6.42 Å². The molecule has 1 N–H and O–H groups in total. The summed E-state index contributed by atoms with van der Waals surface area (Å²) in [4.78, 5) is 24.0. The minimum absolute atomic E-state index is 0.0776. The normalized spacial score (nSPS) is 10.6. The van der Waals surface area contributed by atoms with E-state index < -0.39 is 5.97 Å². The van der Waals surface area contributed by atoms with Crippen LogP contribution in [0.4, 0.5) is 0 Å². The summed E-state index contributed by atoms with van der Waals surface area (Å²) >= 11 is 3.12. The first-order chi connectivity index (χ1) is 7.91. The molecular formula is C11H14BrNO4. The summed E-state index contributed by atoms with van der Waals surface area (Å²) in [6.45, 7) is 3.83. The fourth-order valence-electron chi connectivity index (χ4n) is 1.38. The summed E-state index contributed by atoms with van der Waals surface area (Å²) in [6, 6.07) is 3.11. The van der Waals surface area contributed by atoms with Crippen molar-refractivity contribution in [3.8, 4) is 0 Å². The van der Waals surface area contributed by atoms with Gasteiger partial charge in [-0.2, -0.15) is 0 Å². The van der Waals surface area contributed by atoms with Gasteiger partial charge in [0, 0.05) is 12.6 Å². The van der Waals surface area contributed by atoms with Crippen molar-refractivity contribution >= 4 is 27.8 Å². The summed E-state index contributed by atoms with van der Waals surface area (Å²) in [5.74, 6) is -1.02. The molecule has 0 unspecified atom stereocenters. The Kier molecular flexibility index (Phi) is 4.74. The van der Waals surface area contributed by atoms with E-state index in [1.54, 1.807) is 12.1 Å². The van der Waals surface area contributed by atoms with Crippen LogP contribution in [0.1, 0.15) is 30.8 Å². The molecule has 0 atom stereocenters. The van der Waals surface area contributed by atoms with Crippen molar-refractivity contribution in [1.82, 2.24) is 4.90 Å². The molecule has 1 aromatic heterocycles. The first kappa shape index (κ1) is 13.8. The molecule has 0 aliphatic carbocycles. The maximum Gasteiger partial charge on any atom is 0.305 e. The lowest BCUT2D eigenvalue weighted by molar-refractivity contribution is -0.137. The third kappa shape index (κ3) is 3.89. The summed E-state index contributed by atoms with van der Waals surface area (Å²) in [7, 11) is 0. The number of carboxylic acid groups (broad SMARTS) is 1. The number of carboxylic acids is 1. The topological polar surface area (TPSA) is 70.8 Å². The minimum atomic E-state index is -0.927. The number of carbonyl (C=O) groups excluding carboxylic acids is 1. The van der Waals surface area contributed by atoms with Crippen molar-refractivity contribution in [2.75, 3.05) is 6.54 Å². The van der Waals surface area contributed by atoms with Crippen molar-refractivity contribution in [3.05, 3.63) is 22.6 Å². The first-order valence-electron chi connectivity index (χ1n) is 5.20. The first-order valence-corrected chi connectivity index (χ1v) is 5.99. The van der Waals surface area contributed by atoms with Gasteiger partial charge in [-0.3, -0.25) is 9.59 Å². The van der Waals surface area contributed by atoms with Gasteiger partial charge in [-0.15, -0.1) is 0 Å². The predicted octanol–water partition coefficient (Wildman–Crippen LogP) is 2.37. The van der Waals surface area contributed by atoms with Crippen molar-refractivity contribution in [2.24, 2.45) is 0 Å². The average molecular weight is 304 g/mol. The van der Waals surface area contributed by atoms with Gasteiger partial charge in [0.1, 0.15) is 0 Å². The highest BCUT2D eigenvalue weighted by Crippen LogP contribution is 2.17. The fraction of sp³-hybridized carbons (Fsp3) is 0.455. The fourth-order valence-corrected chi connectivity index (χ4v) is 1.69. The van der Waals surface area contributed by atoms with E-state index in [2.05, 4.69) is 15.9 Å². The van der Waals surface area contributed by atoms with E-state index >= 15 is 0 Å². The van der Waals surface area contributed by atoms with Crippen LogP contribution >= 0.6 is 15.9 Å². The monoisotopic (exact) mass is 303 g/mol. The zero-order valence-corrected chi connectivity index (χ0v) is 11.2. The van der Waals surface area contributed by atoms with Crippen LogP contribution in [0, 0.1) is 0 Å². The van der Waals surface area contributed by atoms with E-state index in [1.165, 1.54) is 4.90 Å². The molecule has 0 aromatic carbocycles. The molecule has 0 aliphatic heterocycles. The summed E-state index contributed by atoms with van der Waals surface area (Å²) < 4.78 is 5.64. The SMILES string of the molecule is CC(C)N(CCC(=O)O)C(=O)c1ccc(Br)o1. The largest absolute Gasteiger partial charge is 0.481 e. The third-order valence-corrected chi connectivity index (χ3v) is 2.66. The molecule has 0 spiro atoms. The molecule has 17 heavy (non-hydrogen) atoms. The Bertz CT molecular complexity index is 413. The van der Waals surface area contributed by atoms with E-state index in [0.29, 0.717) is 4.67 Å². The molecule has 0 radical (unpaired) electrons. The second kappa shape index (κ2) is 5.86. The van der Waals surface area contributed by atoms with Crippen LogP contribution in [-0.2, 0) is 4.79 Å². The Labute approximate surface area is 108 Å². The van der Waals surface area contributed by atoms with E-state index in [4.69, 9.17) is 9.52 Å². The quantitative estimate of drug-likeness (QED) is 0.906. The smallest absolute Gasteiger partial charge is 0.305 e. The number of hydrogen-bond acceptors (Lipinski definition) is 3.